The molecule has 0 atom stereocenters. The second kappa shape index (κ2) is 11.3. The van der Waals surface area contributed by atoms with Crippen LogP contribution in [0.5, 0.6) is 0 Å². The summed E-state index contributed by atoms with van der Waals surface area (Å²) in [5.74, 6) is -1.37. The van der Waals surface area contributed by atoms with Gasteiger partial charge >= 0.3 is 5.97 Å². The van der Waals surface area contributed by atoms with Crippen LogP contribution in [0.4, 0.5) is 11.4 Å². The van der Waals surface area contributed by atoms with Crippen LogP contribution in [0.15, 0.2) is 47.4 Å². The van der Waals surface area contributed by atoms with Gasteiger partial charge in [-0.2, -0.15) is 4.72 Å². The monoisotopic (exact) mass is 463 g/mol. The molecule has 0 heterocycles. The summed E-state index contributed by atoms with van der Waals surface area (Å²) < 4.78 is 31.6. The van der Waals surface area contributed by atoms with Crippen molar-refractivity contribution in [3.05, 3.63) is 63.7 Å². The number of Topliss-reactive ketones (excluding diaryl/α,β-unsaturated/α-hetero) is 1. The van der Waals surface area contributed by atoms with Crippen molar-refractivity contribution < 1.29 is 27.7 Å². The predicted molar refractivity (Wildman–Crippen MR) is 118 cm³/mol. The van der Waals surface area contributed by atoms with Gasteiger partial charge in [-0.3, -0.25) is 19.7 Å². The molecule has 0 aliphatic rings. The molecule has 32 heavy (non-hydrogen) atoms. The van der Waals surface area contributed by atoms with Gasteiger partial charge in [0, 0.05) is 18.7 Å². The number of ether oxygens (including phenoxy) is 1. The molecule has 0 radical (unpaired) electrons. The molecule has 2 aromatic rings. The summed E-state index contributed by atoms with van der Waals surface area (Å²) >= 11 is 0. The van der Waals surface area contributed by atoms with E-state index in [-0.39, 0.29) is 10.6 Å². The van der Waals surface area contributed by atoms with Crippen LogP contribution in [0, 0.1) is 10.1 Å². The van der Waals surface area contributed by atoms with Gasteiger partial charge in [-0.15, -0.1) is 0 Å². The zero-order chi connectivity index (χ0) is 23.7. The first-order valence-corrected chi connectivity index (χ1v) is 11.4. The molecule has 0 aliphatic carbocycles. The summed E-state index contributed by atoms with van der Waals surface area (Å²) in [5, 5.41) is 13.7. The maximum atomic E-state index is 12.3. The maximum Gasteiger partial charge on any atom is 0.321 e. The van der Waals surface area contributed by atoms with Gasteiger partial charge in [0.1, 0.15) is 12.2 Å². The minimum absolute atomic E-state index is 0.144. The zero-order valence-corrected chi connectivity index (χ0v) is 18.6. The minimum Gasteiger partial charge on any atom is -0.456 e. The van der Waals surface area contributed by atoms with Crippen molar-refractivity contribution >= 4 is 33.2 Å². The Balaban J connectivity index is 1.91. The standard InChI is InChI=1S/C21H25N3O7S/c1-3-4-5-15-6-8-16(9-7-15)20(25)14-31-21(26)13-23-32(29,30)17-10-11-18(22-2)19(12-17)24(27)28/h6-12,22-23H,3-5,13-14H2,1-2H3. The van der Waals surface area contributed by atoms with E-state index in [1.165, 1.54) is 19.2 Å². The normalized spacial score (nSPS) is 11.1. The number of carbonyl (C=O) groups excluding carboxylic acids is 2. The summed E-state index contributed by atoms with van der Waals surface area (Å²) in [6.45, 7) is 0.833. The van der Waals surface area contributed by atoms with Crippen LogP contribution in [-0.4, -0.2) is 45.3 Å². The summed E-state index contributed by atoms with van der Waals surface area (Å²) in [4.78, 5) is 34.1. The quantitative estimate of drug-likeness (QED) is 0.211. The topological polar surface area (TPSA) is 145 Å². The largest absolute Gasteiger partial charge is 0.456 e. The third kappa shape index (κ3) is 6.86. The van der Waals surface area contributed by atoms with Crippen molar-refractivity contribution in [2.75, 3.05) is 25.5 Å². The van der Waals surface area contributed by atoms with Gasteiger partial charge in [0.15, 0.2) is 12.4 Å². The van der Waals surface area contributed by atoms with E-state index in [2.05, 4.69) is 12.2 Å². The van der Waals surface area contributed by atoms with E-state index in [9.17, 15) is 28.1 Å². The third-order valence-corrected chi connectivity index (χ3v) is 6.01. The van der Waals surface area contributed by atoms with Crippen LogP contribution in [0.25, 0.3) is 0 Å². The second-order valence-corrected chi connectivity index (χ2v) is 8.66. The first kappa shape index (κ1) is 25.0. The third-order valence-electron chi connectivity index (χ3n) is 4.61. The van der Waals surface area contributed by atoms with Crippen LogP contribution in [0.1, 0.15) is 35.7 Å². The molecule has 172 valence electrons. The Bertz CT molecular complexity index is 1080. The molecule has 0 aliphatic heterocycles. The molecular weight excluding hydrogens is 438 g/mol. The fourth-order valence-electron chi connectivity index (χ4n) is 2.80. The second-order valence-electron chi connectivity index (χ2n) is 6.89. The average molecular weight is 464 g/mol. The number of ketones is 1. The molecule has 0 spiro atoms. The zero-order valence-electron chi connectivity index (χ0n) is 17.8. The molecule has 0 saturated carbocycles. The first-order valence-electron chi connectivity index (χ1n) is 9.91. The lowest BCUT2D eigenvalue weighted by atomic mass is 10.0. The number of sulfonamides is 1. The molecule has 0 bridgehead atoms. The van der Waals surface area contributed by atoms with E-state index in [0.29, 0.717) is 5.56 Å². The molecule has 11 heteroatoms. The number of benzene rings is 2. The van der Waals surface area contributed by atoms with Crippen LogP contribution in [0.2, 0.25) is 0 Å². The number of nitro groups is 1. The number of esters is 1. The van der Waals surface area contributed by atoms with Crippen LogP contribution >= 0.6 is 0 Å². The highest BCUT2D eigenvalue weighted by Crippen LogP contribution is 2.26. The van der Waals surface area contributed by atoms with Gasteiger partial charge in [0.05, 0.1) is 9.82 Å². The van der Waals surface area contributed by atoms with E-state index in [1.807, 2.05) is 16.9 Å². The summed E-state index contributed by atoms with van der Waals surface area (Å²) in [5.41, 5.74) is 1.21. The van der Waals surface area contributed by atoms with Crippen molar-refractivity contribution in [1.29, 1.82) is 0 Å². The summed E-state index contributed by atoms with van der Waals surface area (Å²) in [6, 6.07) is 10.3. The Labute approximate surface area is 186 Å². The molecule has 10 nitrogen and oxygen atoms in total. The first-order chi connectivity index (χ1) is 15.2. The Kier molecular flexibility index (Phi) is 8.85. The number of nitrogens with zero attached hydrogens (tertiary/aromatic N) is 1. The predicted octanol–water partition coefficient (Wildman–Crippen LogP) is 2.68. The van der Waals surface area contributed by atoms with Gasteiger partial charge < -0.3 is 10.1 Å². The Morgan fingerprint density at radius 2 is 1.81 bits per heavy atom. The van der Waals surface area contributed by atoms with Crippen molar-refractivity contribution in [2.45, 2.75) is 31.1 Å². The van der Waals surface area contributed by atoms with Crippen molar-refractivity contribution in [1.82, 2.24) is 4.72 Å². The molecule has 2 aromatic carbocycles. The lowest BCUT2D eigenvalue weighted by Crippen LogP contribution is -2.31. The minimum atomic E-state index is -4.21. The highest BCUT2D eigenvalue weighted by molar-refractivity contribution is 7.89. The number of carbonyl (C=O) groups is 2. The highest BCUT2D eigenvalue weighted by Gasteiger charge is 2.22. The fraction of sp³-hybridized carbons (Fsp3) is 0.333. The molecular formula is C21H25N3O7S. The SMILES string of the molecule is CCCCc1ccc(C(=O)COC(=O)CNS(=O)(=O)c2ccc(NC)c([N+](=O)[O-])c2)cc1. The van der Waals surface area contributed by atoms with Gasteiger partial charge in [-0.1, -0.05) is 37.6 Å². The summed E-state index contributed by atoms with van der Waals surface area (Å²) in [7, 11) is -2.74. The van der Waals surface area contributed by atoms with Crippen molar-refractivity contribution in [2.24, 2.45) is 0 Å². The van der Waals surface area contributed by atoms with E-state index in [0.717, 1.165) is 30.9 Å². The van der Waals surface area contributed by atoms with Crippen LogP contribution < -0.4 is 10.0 Å². The van der Waals surface area contributed by atoms with Gasteiger partial charge in [0.2, 0.25) is 10.0 Å². The smallest absolute Gasteiger partial charge is 0.321 e. The average Bonchev–Trinajstić information content (AvgIpc) is 2.79. The van der Waals surface area contributed by atoms with Crippen LogP contribution in [-0.2, 0) is 26.0 Å². The van der Waals surface area contributed by atoms with E-state index >= 15 is 0 Å². The Morgan fingerprint density at radius 3 is 2.41 bits per heavy atom. The fourth-order valence-corrected chi connectivity index (χ4v) is 3.79. The Hall–Kier alpha value is -3.31. The number of nitrogens with one attached hydrogen (secondary N) is 2. The number of aryl methyl sites for hydroxylation is 1. The Morgan fingerprint density at radius 1 is 1.12 bits per heavy atom. The number of nitro benzene ring substituents is 1. The molecule has 0 amide bonds. The molecule has 0 aromatic heterocycles. The molecule has 2 N–H and O–H groups in total. The number of unbranched alkanes of at least 4 members (excludes halogenated alkanes) is 1. The van der Waals surface area contributed by atoms with Gasteiger partial charge in [-0.25, -0.2) is 8.42 Å². The van der Waals surface area contributed by atoms with E-state index < -0.39 is 45.5 Å². The lowest BCUT2D eigenvalue weighted by Gasteiger charge is -2.09. The number of anilines is 1. The summed E-state index contributed by atoms with van der Waals surface area (Å²) in [6.07, 6.45) is 3.03. The lowest BCUT2D eigenvalue weighted by molar-refractivity contribution is -0.384. The van der Waals surface area contributed by atoms with Gasteiger partial charge in [-0.05, 0) is 30.5 Å². The van der Waals surface area contributed by atoms with Gasteiger partial charge in [0.25, 0.3) is 5.69 Å². The number of rotatable bonds is 12. The molecule has 2 rings (SSSR count). The van der Waals surface area contributed by atoms with E-state index in [4.69, 9.17) is 4.74 Å². The molecule has 0 saturated heterocycles. The molecule has 0 unspecified atom stereocenters. The van der Waals surface area contributed by atoms with Crippen LogP contribution in [0.3, 0.4) is 0 Å². The van der Waals surface area contributed by atoms with Crippen molar-refractivity contribution in [3.8, 4) is 0 Å². The number of hydrogen-bond donors (Lipinski definition) is 2. The highest BCUT2D eigenvalue weighted by atomic mass is 32.2. The maximum absolute atomic E-state index is 12.3. The molecule has 0 fully saturated rings. The number of hydrogen-bond acceptors (Lipinski definition) is 8. The van der Waals surface area contributed by atoms with Crippen molar-refractivity contribution in [3.63, 3.8) is 0 Å². The van der Waals surface area contributed by atoms with E-state index in [1.54, 1.807) is 12.1 Å².